The van der Waals surface area contributed by atoms with Crippen molar-refractivity contribution in [3.63, 3.8) is 0 Å². The van der Waals surface area contributed by atoms with E-state index in [-0.39, 0.29) is 6.04 Å². The van der Waals surface area contributed by atoms with Gasteiger partial charge in [0, 0.05) is 31.3 Å². The van der Waals surface area contributed by atoms with Gasteiger partial charge in [-0.2, -0.15) is 4.98 Å². The van der Waals surface area contributed by atoms with E-state index in [4.69, 9.17) is 4.42 Å². The van der Waals surface area contributed by atoms with Gasteiger partial charge in [-0.25, -0.2) is 4.98 Å². The molecule has 0 radical (unpaired) electrons. The summed E-state index contributed by atoms with van der Waals surface area (Å²) in [5.41, 5.74) is 0.932. The van der Waals surface area contributed by atoms with Crippen LogP contribution in [0.15, 0.2) is 28.9 Å². The fraction of sp³-hybridized carbons (Fsp3) is 0.385. The van der Waals surface area contributed by atoms with E-state index in [2.05, 4.69) is 27.5 Å². The first-order chi connectivity index (χ1) is 8.67. The summed E-state index contributed by atoms with van der Waals surface area (Å²) in [6.07, 6.45) is 2.51. The number of aromatic nitrogens is 2. The predicted octanol–water partition coefficient (Wildman–Crippen LogP) is 2.46. The van der Waals surface area contributed by atoms with Crippen LogP contribution in [0.4, 0.5) is 11.8 Å². The summed E-state index contributed by atoms with van der Waals surface area (Å²) >= 11 is 0. The second kappa shape index (κ2) is 5.53. The van der Waals surface area contributed by atoms with Crippen LogP contribution in [0, 0.1) is 6.92 Å². The molecule has 2 heterocycles. The Morgan fingerprint density at radius 1 is 1.39 bits per heavy atom. The lowest BCUT2D eigenvalue weighted by molar-refractivity contribution is 0.497. The molecular formula is C13H18N4O. The Kier molecular flexibility index (Phi) is 3.82. The maximum Gasteiger partial charge on any atom is 0.224 e. The molecule has 0 aliphatic heterocycles. The molecule has 2 N–H and O–H groups in total. The molecule has 18 heavy (non-hydrogen) atoms. The molecule has 0 saturated carbocycles. The molecule has 2 rings (SSSR count). The highest BCUT2D eigenvalue weighted by atomic mass is 16.3. The summed E-state index contributed by atoms with van der Waals surface area (Å²) in [5, 5.41) is 6.29. The van der Waals surface area contributed by atoms with Crippen molar-refractivity contribution in [3.8, 4) is 0 Å². The molecule has 96 valence electrons. The molecule has 0 spiro atoms. The smallest absolute Gasteiger partial charge is 0.224 e. The zero-order valence-corrected chi connectivity index (χ0v) is 10.9. The van der Waals surface area contributed by atoms with Gasteiger partial charge in [-0.3, -0.25) is 0 Å². The number of aryl methyl sites for hydroxylation is 1. The van der Waals surface area contributed by atoms with Gasteiger partial charge in [0.25, 0.3) is 0 Å². The summed E-state index contributed by atoms with van der Waals surface area (Å²) in [4.78, 5) is 8.61. The van der Waals surface area contributed by atoms with Crippen LogP contribution in [0.2, 0.25) is 0 Å². The lowest BCUT2D eigenvalue weighted by Crippen LogP contribution is -2.19. The molecule has 0 saturated heterocycles. The van der Waals surface area contributed by atoms with Crippen molar-refractivity contribution in [2.75, 3.05) is 17.7 Å². The Morgan fingerprint density at radius 3 is 2.89 bits per heavy atom. The molecule has 1 unspecified atom stereocenters. The molecule has 2 aromatic rings. The third-order valence-electron chi connectivity index (χ3n) is 2.56. The van der Waals surface area contributed by atoms with Crippen molar-refractivity contribution in [1.29, 1.82) is 0 Å². The van der Waals surface area contributed by atoms with E-state index in [0.29, 0.717) is 5.95 Å². The van der Waals surface area contributed by atoms with Crippen molar-refractivity contribution in [2.45, 2.75) is 26.3 Å². The van der Waals surface area contributed by atoms with Crippen molar-refractivity contribution in [1.82, 2.24) is 9.97 Å². The second-order valence-electron chi connectivity index (χ2n) is 4.30. The fourth-order valence-electron chi connectivity index (χ4n) is 1.79. The molecule has 0 fully saturated rings. The SMILES string of the molecule is CNc1nc(C)cc(NC(C)Cc2ccco2)n1. The third kappa shape index (κ3) is 3.23. The number of nitrogens with zero attached hydrogens (tertiary/aromatic N) is 2. The standard InChI is InChI=1S/C13H18N4O/c1-9(7-11-5-4-6-18-11)15-12-8-10(2)16-13(14-3)17-12/h4-6,8-9H,7H2,1-3H3,(H2,14,15,16,17). The van der Waals surface area contributed by atoms with E-state index in [1.54, 1.807) is 6.26 Å². The van der Waals surface area contributed by atoms with Crippen molar-refractivity contribution >= 4 is 11.8 Å². The summed E-state index contributed by atoms with van der Waals surface area (Å²) < 4.78 is 5.33. The second-order valence-corrected chi connectivity index (χ2v) is 4.30. The quantitative estimate of drug-likeness (QED) is 0.848. The number of anilines is 2. The summed E-state index contributed by atoms with van der Waals surface area (Å²) in [6, 6.07) is 6.05. The molecule has 2 aromatic heterocycles. The normalized spacial score (nSPS) is 12.2. The molecular weight excluding hydrogens is 228 g/mol. The topological polar surface area (TPSA) is 63.0 Å². The zero-order chi connectivity index (χ0) is 13.0. The van der Waals surface area contributed by atoms with E-state index in [9.17, 15) is 0 Å². The Bertz CT molecular complexity index is 496. The predicted molar refractivity (Wildman–Crippen MR) is 71.8 cm³/mol. The van der Waals surface area contributed by atoms with E-state index in [1.807, 2.05) is 32.2 Å². The van der Waals surface area contributed by atoms with Gasteiger partial charge < -0.3 is 15.1 Å². The maximum atomic E-state index is 5.33. The lowest BCUT2D eigenvalue weighted by Gasteiger charge is -2.14. The molecule has 0 aliphatic rings. The Hall–Kier alpha value is -2.04. The average Bonchev–Trinajstić information content (AvgIpc) is 2.80. The van der Waals surface area contributed by atoms with Crippen LogP contribution in [-0.4, -0.2) is 23.1 Å². The number of rotatable bonds is 5. The number of furan rings is 1. The molecule has 5 nitrogen and oxygen atoms in total. The fourth-order valence-corrected chi connectivity index (χ4v) is 1.79. The number of hydrogen-bond donors (Lipinski definition) is 2. The molecule has 1 atom stereocenters. The minimum absolute atomic E-state index is 0.246. The summed E-state index contributed by atoms with van der Waals surface area (Å²) in [7, 11) is 1.81. The van der Waals surface area contributed by atoms with Crippen LogP contribution in [0.25, 0.3) is 0 Å². The summed E-state index contributed by atoms with van der Waals surface area (Å²) in [6.45, 7) is 4.05. The minimum Gasteiger partial charge on any atom is -0.469 e. The van der Waals surface area contributed by atoms with Gasteiger partial charge in [0.05, 0.1) is 6.26 Å². The van der Waals surface area contributed by atoms with Gasteiger partial charge in [-0.05, 0) is 26.0 Å². The monoisotopic (exact) mass is 246 g/mol. The van der Waals surface area contributed by atoms with Crippen LogP contribution in [-0.2, 0) is 6.42 Å². The van der Waals surface area contributed by atoms with E-state index >= 15 is 0 Å². The van der Waals surface area contributed by atoms with Crippen molar-refractivity contribution < 1.29 is 4.42 Å². The first-order valence-electron chi connectivity index (χ1n) is 5.99. The van der Waals surface area contributed by atoms with E-state index < -0.39 is 0 Å². The first kappa shape index (κ1) is 12.4. The number of nitrogens with one attached hydrogen (secondary N) is 2. The van der Waals surface area contributed by atoms with Gasteiger partial charge in [0.2, 0.25) is 5.95 Å². The minimum atomic E-state index is 0.246. The van der Waals surface area contributed by atoms with Crippen LogP contribution in [0.3, 0.4) is 0 Å². The van der Waals surface area contributed by atoms with E-state index in [0.717, 1.165) is 23.7 Å². The largest absolute Gasteiger partial charge is 0.469 e. The van der Waals surface area contributed by atoms with Crippen LogP contribution in [0.1, 0.15) is 18.4 Å². The molecule has 5 heteroatoms. The van der Waals surface area contributed by atoms with Gasteiger partial charge in [0.1, 0.15) is 11.6 Å². The van der Waals surface area contributed by atoms with E-state index in [1.165, 1.54) is 0 Å². The Morgan fingerprint density at radius 2 is 2.22 bits per heavy atom. The third-order valence-corrected chi connectivity index (χ3v) is 2.56. The van der Waals surface area contributed by atoms with Crippen LogP contribution < -0.4 is 10.6 Å². The van der Waals surface area contributed by atoms with Gasteiger partial charge >= 0.3 is 0 Å². The summed E-state index contributed by atoms with van der Waals surface area (Å²) in [5.74, 6) is 2.42. The van der Waals surface area contributed by atoms with Crippen molar-refractivity contribution in [2.24, 2.45) is 0 Å². The molecule has 0 bridgehead atoms. The molecule has 0 aliphatic carbocycles. The van der Waals surface area contributed by atoms with Gasteiger partial charge in [-0.15, -0.1) is 0 Å². The highest BCUT2D eigenvalue weighted by molar-refractivity contribution is 5.42. The zero-order valence-electron chi connectivity index (χ0n) is 10.9. The van der Waals surface area contributed by atoms with Crippen LogP contribution in [0.5, 0.6) is 0 Å². The van der Waals surface area contributed by atoms with Gasteiger partial charge in [0.15, 0.2) is 0 Å². The average molecular weight is 246 g/mol. The highest BCUT2D eigenvalue weighted by Crippen LogP contribution is 2.12. The first-order valence-corrected chi connectivity index (χ1v) is 5.99. The maximum absolute atomic E-state index is 5.33. The highest BCUT2D eigenvalue weighted by Gasteiger charge is 2.07. The van der Waals surface area contributed by atoms with Crippen molar-refractivity contribution in [3.05, 3.63) is 35.9 Å². The Labute approximate surface area is 107 Å². The van der Waals surface area contributed by atoms with Crippen LogP contribution >= 0.6 is 0 Å². The number of hydrogen-bond acceptors (Lipinski definition) is 5. The Balaban J connectivity index is 2.02. The molecule has 0 aromatic carbocycles. The molecule has 0 amide bonds. The lowest BCUT2D eigenvalue weighted by atomic mass is 10.2. The van der Waals surface area contributed by atoms with Gasteiger partial charge in [-0.1, -0.05) is 0 Å².